The van der Waals surface area contributed by atoms with Crippen molar-refractivity contribution in [2.45, 2.75) is 39.9 Å². The summed E-state index contributed by atoms with van der Waals surface area (Å²) in [6.45, 7) is -0.0223. The fourth-order valence-corrected chi connectivity index (χ4v) is 10.3. The molecule has 9 heteroatoms. The number of aliphatic hydroxyl groups excluding tert-OH is 1. The lowest BCUT2D eigenvalue weighted by molar-refractivity contribution is -0.142. The number of fused-ring (bicyclic) bond motifs is 1. The molecule has 6 rings (SSSR count). The van der Waals surface area contributed by atoms with Crippen LogP contribution < -0.4 is 10.6 Å². The van der Waals surface area contributed by atoms with Crippen molar-refractivity contribution < 1.29 is 19.5 Å². The third-order valence-corrected chi connectivity index (χ3v) is 11.5. The zero-order chi connectivity index (χ0) is 27.9. The monoisotopic (exact) mass is 619 g/mol. The quantitative estimate of drug-likeness (QED) is 0.329. The van der Waals surface area contributed by atoms with Gasteiger partial charge in [-0.3, -0.25) is 14.4 Å². The molecule has 3 N–H and O–H groups in total. The van der Waals surface area contributed by atoms with E-state index in [1.165, 1.54) is 0 Å². The fraction of sp³-hybridized carbons (Fsp3) is 0.323. The van der Waals surface area contributed by atoms with E-state index in [0.29, 0.717) is 18.7 Å². The standard InChI is InChI=1S/C31H30BrN3O4S/c32-22-16-31-25(24(26(22)40-31)28(37)34-21-14-8-3-9-15-21)30(39)35(23(18-36)20-12-6-2-7-13-20)27(31)29(38)33-17-19-10-4-1-5-11-19/h1-15,22-27,36H,16-18H2,(H,33,38)(H,34,37)/t22?,23-,24+,25+,26+,27?,31?/m1/s1. The summed E-state index contributed by atoms with van der Waals surface area (Å²) in [5.41, 5.74) is 2.36. The Morgan fingerprint density at radius 3 is 2.25 bits per heavy atom. The molecule has 3 aliphatic heterocycles. The number of carbonyl (C=O) groups excluding carboxylic acids is 3. The number of aliphatic hydroxyl groups is 1. The Labute approximate surface area is 245 Å². The highest BCUT2D eigenvalue weighted by Gasteiger charge is 2.76. The van der Waals surface area contributed by atoms with E-state index in [1.807, 2.05) is 91.0 Å². The molecule has 1 spiro atoms. The molecular weight excluding hydrogens is 590 g/mol. The van der Waals surface area contributed by atoms with Crippen molar-refractivity contribution >= 4 is 51.1 Å². The van der Waals surface area contributed by atoms with Gasteiger partial charge in [0, 0.05) is 22.3 Å². The molecule has 0 saturated carbocycles. The molecular formula is C31H30BrN3O4S. The van der Waals surface area contributed by atoms with Gasteiger partial charge in [-0.1, -0.05) is 94.8 Å². The maximum Gasteiger partial charge on any atom is 0.244 e. The smallest absolute Gasteiger partial charge is 0.244 e. The molecule has 3 aromatic carbocycles. The van der Waals surface area contributed by atoms with Crippen molar-refractivity contribution in [3.05, 3.63) is 102 Å². The average Bonchev–Trinajstić information content (AvgIpc) is 3.57. The molecule has 3 saturated heterocycles. The Hall–Kier alpha value is -3.14. The first kappa shape index (κ1) is 27.1. The van der Waals surface area contributed by atoms with E-state index in [1.54, 1.807) is 16.7 Å². The summed E-state index contributed by atoms with van der Waals surface area (Å²) < 4.78 is -0.808. The molecule has 3 aromatic rings. The number of hydrogen-bond donors (Lipinski definition) is 3. The second-order valence-corrected chi connectivity index (χ2v) is 13.3. The van der Waals surface area contributed by atoms with Crippen LogP contribution in [-0.4, -0.2) is 55.2 Å². The molecule has 0 aliphatic carbocycles. The number of alkyl halides is 1. The summed E-state index contributed by atoms with van der Waals surface area (Å²) in [5.74, 6) is -2.07. The Morgan fingerprint density at radius 1 is 0.975 bits per heavy atom. The minimum Gasteiger partial charge on any atom is -0.394 e. The van der Waals surface area contributed by atoms with Crippen LogP contribution in [0.15, 0.2) is 91.0 Å². The minimum absolute atomic E-state index is 0.0400. The van der Waals surface area contributed by atoms with Gasteiger partial charge >= 0.3 is 0 Å². The topological polar surface area (TPSA) is 98.7 Å². The zero-order valence-corrected chi connectivity index (χ0v) is 24.1. The second-order valence-electron chi connectivity index (χ2n) is 10.6. The fourth-order valence-electron chi connectivity index (χ4n) is 6.66. The second kappa shape index (κ2) is 11.0. The lowest BCUT2D eigenvalue weighted by Crippen LogP contribution is -2.55. The summed E-state index contributed by atoms with van der Waals surface area (Å²) in [7, 11) is 0. The molecule has 7 atom stereocenters. The van der Waals surface area contributed by atoms with E-state index in [4.69, 9.17) is 0 Å². The van der Waals surface area contributed by atoms with Crippen molar-refractivity contribution in [3.8, 4) is 0 Å². The summed E-state index contributed by atoms with van der Waals surface area (Å²) in [5, 5.41) is 16.5. The van der Waals surface area contributed by atoms with Crippen molar-refractivity contribution in [1.29, 1.82) is 0 Å². The van der Waals surface area contributed by atoms with Gasteiger partial charge in [0.25, 0.3) is 0 Å². The molecule has 3 heterocycles. The average molecular weight is 621 g/mol. The number of halogens is 1. The lowest BCUT2D eigenvalue weighted by Gasteiger charge is -2.37. The highest BCUT2D eigenvalue weighted by Crippen LogP contribution is 2.68. The van der Waals surface area contributed by atoms with E-state index in [9.17, 15) is 19.5 Å². The number of likely N-dealkylation sites (tertiary alicyclic amines) is 1. The van der Waals surface area contributed by atoms with E-state index in [0.717, 1.165) is 11.1 Å². The number of nitrogens with zero attached hydrogens (tertiary/aromatic N) is 1. The van der Waals surface area contributed by atoms with Crippen LogP contribution in [0, 0.1) is 11.8 Å². The Kier molecular flexibility index (Phi) is 7.46. The Morgan fingerprint density at radius 2 is 1.60 bits per heavy atom. The number of thioether (sulfide) groups is 1. The number of benzene rings is 3. The molecule has 0 aromatic heterocycles. The maximum absolute atomic E-state index is 14.4. The van der Waals surface area contributed by atoms with Crippen LogP contribution in [-0.2, 0) is 20.9 Å². The Bertz CT molecular complexity index is 1400. The van der Waals surface area contributed by atoms with Crippen molar-refractivity contribution in [2.75, 3.05) is 11.9 Å². The van der Waals surface area contributed by atoms with Gasteiger partial charge in [0.15, 0.2) is 0 Å². The van der Waals surface area contributed by atoms with Crippen molar-refractivity contribution in [3.63, 3.8) is 0 Å². The largest absolute Gasteiger partial charge is 0.394 e. The van der Waals surface area contributed by atoms with E-state index in [-0.39, 0.29) is 34.4 Å². The molecule has 3 fully saturated rings. The first-order chi connectivity index (χ1) is 19.4. The molecule has 3 amide bonds. The number of para-hydroxylation sites is 1. The molecule has 206 valence electrons. The van der Waals surface area contributed by atoms with Crippen LogP contribution in [0.3, 0.4) is 0 Å². The number of carbonyl (C=O) groups is 3. The van der Waals surface area contributed by atoms with Gasteiger partial charge in [0.2, 0.25) is 17.7 Å². The first-order valence-corrected chi connectivity index (χ1v) is 15.2. The van der Waals surface area contributed by atoms with Gasteiger partial charge in [-0.2, -0.15) is 0 Å². The molecule has 3 aliphatic rings. The predicted octanol–water partition coefficient (Wildman–Crippen LogP) is 4.14. The summed E-state index contributed by atoms with van der Waals surface area (Å²) in [6, 6.07) is 26.6. The lowest BCUT2D eigenvalue weighted by atomic mass is 9.70. The maximum atomic E-state index is 14.4. The van der Waals surface area contributed by atoms with Crippen LogP contribution in [0.5, 0.6) is 0 Å². The van der Waals surface area contributed by atoms with Crippen LogP contribution in [0.2, 0.25) is 0 Å². The van der Waals surface area contributed by atoms with Crippen molar-refractivity contribution in [1.82, 2.24) is 10.2 Å². The van der Waals surface area contributed by atoms with Crippen LogP contribution in [0.25, 0.3) is 0 Å². The highest BCUT2D eigenvalue weighted by atomic mass is 79.9. The number of amides is 3. The van der Waals surface area contributed by atoms with E-state index >= 15 is 0 Å². The molecule has 0 radical (unpaired) electrons. The third kappa shape index (κ3) is 4.54. The van der Waals surface area contributed by atoms with Gasteiger partial charge in [0.1, 0.15) is 6.04 Å². The summed E-state index contributed by atoms with van der Waals surface area (Å²) in [4.78, 5) is 43.8. The highest BCUT2D eigenvalue weighted by molar-refractivity contribution is 9.09. The van der Waals surface area contributed by atoms with Crippen molar-refractivity contribution in [2.24, 2.45) is 11.8 Å². The summed E-state index contributed by atoms with van der Waals surface area (Å²) in [6.07, 6.45) is 0.570. The predicted molar refractivity (Wildman–Crippen MR) is 159 cm³/mol. The van der Waals surface area contributed by atoms with Crippen LogP contribution >= 0.6 is 27.7 Å². The van der Waals surface area contributed by atoms with E-state index < -0.39 is 28.7 Å². The SMILES string of the molecule is O=C(NCc1ccccc1)C1N([C@H](CO)c2ccccc2)C(=O)[C@@H]2[C@H](C(=O)Nc3ccccc3)[C@H]3SC12CC3Br. The summed E-state index contributed by atoms with van der Waals surface area (Å²) >= 11 is 5.38. The molecule has 2 bridgehead atoms. The number of rotatable bonds is 8. The Balaban J connectivity index is 1.39. The number of anilines is 1. The van der Waals surface area contributed by atoms with Gasteiger partial charge in [-0.25, -0.2) is 0 Å². The normalized spacial score (nSPS) is 29.2. The van der Waals surface area contributed by atoms with Gasteiger partial charge in [-0.05, 0) is 29.7 Å². The van der Waals surface area contributed by atoms with Crippen LogP contribution in [0.4, 0.5) is 5.69 Å². The zero-order valence-electron chi connectivity index (χ0n) is 21.7. The van der Waals surface area contributed by atoms with Gasteiger partial charge < -0.3 is 20.6 Å². The molecule has 7 nitrogen and oxygen atoms in total. The number of hydrogen-bond acceptors (Lipinski definition) is 5. The van der Waals surface area contributed by atoms with Gasteiger partial charge in [-0.15, -0.1) is 11.8 Å². The van der Waals surface area contributed by atoms with Gasteiger partial charge in [0.05, 0.1) is 29.2 Å². The van der Waals surface area contributed by atoms with Crippen LogP contribution in [0.1, 0.15) is 23.6 Å². The molecule has 3 unspecified atom stereocenters. The first-order valence-electron chi connectivity index (χ1n) is 13.4. The minimum atomic E-state index is -0.851. The molecule has 40 heavy (non-hydrogen) atoms. The van der Waals surface area contributed by atoms with E-state index in [2.05, 4.69) is 26.6 Å². The third-order valence-electron chi connectivity index (χ3n) is 8.32. The number of nitrogens with one attached hydrogen (secondary N) is 2.